The smallest absolute Gasteiger partial charge is 0.126 e. The minimum absolute atomic E-state index is 0.00786. The van der Waals surface area contributed by atoms with Crippen molar-refractivity contribution < 1.29 is 8.78 Å². The molecule has 0 aliphatic heterocycles. The molecule has 18 heavy (non-hydrogen) atoms. The monoisotopic (exact) mass is 255 g/mol. The molecule has 0 saturated carbocycles. The lowest BCUT2D eigenvalue weighted by atomic mass is 9.83. The Kier molecular flexibility index (Phi) is 5.27. The topological polar surface area (TPSA) is 12.0 Å². The maximum absolute atomic E-state index is 13.6. The lowest BCUT2D eigenvalue weighted by Crippen LogP contribution is -2.42. The van der Waals surface area contributed by atoms with Gasteiger partial charge in [-0.15, -0.1) is 0 Å². The number of rotatable bonds is 5. The van der Waals surface area contributed by atoms with Crippen LogP contribution in [0, 0.1) is 17.0 Å². The van der Waals surface area contributed by atoms with Gasteiger partial charge in [0.1, 0.15) is 11.6 Å². The lowest BCUT2D eigenvalue weighted by Gasteiger charge is -2.32. The van der Waals surface area contributed by atoms with Gasteiger partial charge in [-0.3, -0.25) is 0 Å². The second-order valence-electron chi connectivity index (χ2n) is 5.81. The number of nitrogens with one attached hydrogen (secondary N) is 1. The maximum Gasteiger partial charge on any atom is 0.126 e. The van der Waals surface area contributed by atoms with E-state index in [2.05, 4.69) is 33.0 Å². The van der Waals surface area contributed by atoms with Crippen molar-refractivity contribution in [2.24, 2.45) is 5.41 Å². The molecule has 0 radical (unpaired) electrons. The van der Waals surface area contributed by atoms with Gasteiger partial charge in [0.05, 0.1) is 0 Å². The molecule has 0 aliphatic carbocycles. The average molecular weight is 255 g/mol. The molecule has 1 aromatic carbocycles. The normalized spacial score (nSPS) is 13.7. The van der Waals surface area contributed by atoms with Crippen LogP contribution in [0.2, 0.25) is 0 Å². The van der Waals surface area contributed by atoms with Gasteiger partial charge in [0, 0.05) is 6.04 Å². The Hall–Kier alpha value is -0.960. The molecule has 0 fully saturated rings. The molecule has 1 N–H and O–H groups in total. The van der Waals surface area contributed by atoms with Crippen molar-refractivity contribution in [3.63, 3.8) is 0 Å². The van der Waals surface area contributed by atoms with Crippen molar-refractivity contribution in [3.05, 3.63) is 35.4 Å². The van der Waals surface area contributed by atoms with Crippen LogP contribution < -0.4 is 5.32 Å². The summed E-state index contributed by atoms with van der Waals surface area (Å²) < 4.78 is 26.8. The predicted molar refractivity (Wildman–Crippen MR) is 71.6 cm³/mol. The molecular weight excluding hydrogens is 232 g/mol. The van der Waals surface area contributed by atoms with Crippen molar-refractivity contribution in [1.82, 2.24) is 5.32 Å². The first-order valence-electron chi connectivity index (χ1n) is 6.52. The Labute approximate surface area is 109 Å². The molecule has 0 saturated heterocycles. The van der Waals surface area contributed by atoms with Crippen molar-refractivity contribution in [2.75, 3.05) is 6.54 Å². The zero-order valence-corrected chi connectivity index (χ0v) is 11.7. The SMILES string of the molecule is CCCNC(Cc1cc(F)ccc1F)C(C)(C)C. The van der Waals surface area contributed by atoms with E-state index in [0.29, 0.717) is 12.0 Å². The van der Waals surface area contributed by atoms with E-state index in [-0.39, 0.29) is 23.1 Å². The fourth-order valence-corrected chi connectivity index (χ4v) is 1.92. The average Bonchev–Trinajstić information content (AvgIpc) is 2.27. The largest absolute Gasteiger partial charge is 0.313 e. The minimum Gasteiger partial charge on any atom is -0.313 e. The zero-order chi connectivity index (χ0) is 13.8. The van der Waals surface area contributed by atoms with Crippen LogP contribution in [0.25, 0.3) is 0 Å². The number of benzene rings is 1. The first kappa shape index (κ1) is 15.1. The summed E-state index contributed by atoms with van der Waals surface area (Å²) >= 11 is 0. The van der Waals surface area contributed by atoms with Gasteiger partial charge < -0.3 is 5.32 Å². The van der Waals surface area contributed by atoms with Crippen LogP contribution in [0.1, 0.15) is 39.7 Å². The van der Waals surface area contributed by atoms with Crippen LogP contribution in [-0.2, 0) is 6.42 Å². The second kappa shape index (κ2) is 6.28. The Balaban J connectivity index is 2.85. The summed E-state index contributed by atoms with van der Waals surface area (Å²) in [5.41, 5.74) is 0.451. The van der Waals surface area contributed by atoms with Crippen LogP contribution in [0.3, 0.4) is 0 Å². The summed E-state index contributed by atoms with van der Waals surface area (Å²) in [6.07, 6.45) is 1.53. The predicted octanol–water partition coefficient (Wildman–Crippen LogP) is 3.92. The van der Waals surface area contributed by atoms with E-state index < -0.39 is 0 Å². The van der Waals surface area contributed by atoms with Gasteiger partial charge >= 0.3 is 0 Å². The summed E-state index contributed by atoms with van der Waals surface area (Å²) in [4.78, 5) is 0. The molecule has 102 valence electrons. The zero-order valence-electron chi connectivity index (χ0n) is 11.7. The van der Waals surface area contributed by atoms with Gasteiger partial charge in [0.2, 0.25) is 0 Å². The third-order valence-electron chi connectivity index (χ3n) is 3.12. The molecule has 0 heterocycles. The third-order valence-corrected chi connectivity index (χ3v) is 3.12. The van der Waals surface area contributed by atoms with Crippen LogP contribution in [0.5, 0.6) is 0 Å². The number of hydrogen-bond acceptors (Lipinski definition) is 1. The van der Waals surface area contributed by atoms with Gasteiger partial charge in [0.25, 0.3) is 0 Å². The van der Waals surface area contributed by atoms with E-state index in [0.717, 1.165) is 19.0 Å². The molecule has 1 nitrogen and oxygen atoms in total. The van der Waals surface area contributed by atoms with Gasteiger partial charge in [-0.2, -0.15) is 0 Å². The second-order valence-corrected chi connectivity index (χ2v) is 5.81. The Morgan fingerprint density at radius 1 is 1.22 bits per heavy atom. The maximum atomic E-state index is 13.6. The van der Waals surface area contributed by atoms with Crippen LogP contribution >= 0.6 is 0 Å². The molecule has 0 aliphatic rings. The fourth-order valence-electron chi connectivity index (χ4n) is 1.92. The standard InChI is InChI=1S/C15H23F2N/c1-5-8-18-14(15(2,3)4)10-11-9-12(16)6-7-13(11)17/h6-7,9,14,18H,5,8,10H2,1-4H3. The quantitative estimate of drug-likeness (QED) is 0.841. The van der Waals surface area contributed by atoms with E-state index >= 15 is 0 Å². The molecule has 0 amide bonds. The Bertz CT molecular complexity index is 383. The molecule has 1 unspecified atom stereocenters. The molecule has 3 heteroatoms. The first-order valence-corrected chi connectivity index (χ1v) is 6.52. The highest BCUT2D eigenvalue weighted by Gasteiger charge is 2.25. The Morgan fingerprint density at radius 3 is 2.44 bits per heavy atom. The molecule has 0 spiro atoms. The summed E-state index contributed by atoms with van der Waals surface area (Å²) in [6, 6.07) is 3.78. The summed E-state index contributed by atoms with van der Waals surface area (Å²) in [5.74, 6) is -0.710. The van der Waals surface area contributed by atoms with Gasteiger partial charge in [-0.1, -0.05) is 27.7 Å². The number of halogens is 2. The van der Waals surface area contributed by atoms with Gasteiger partial charge in [-0.05, 0) is 48.6 Å². The van der Waals surface area contributed by atoms with E-state index in [1.165, 1.54) is 12.1 Å². The van der Waals surface area contributed by atoms with E-state index in [9.17, 15) is 8.78 Å². The number of hydrogen-bond donors (Lipinski definition) is 1. The molecule has 1 rings (SSSR count). The summed E-state index contributed by atoms with van der Waals surface area (Å²) in [7, 11) is 0. The van der Waals surface area contributed by atoms with Crippen molar-refractivity contribution in [2.45, 2.75) is 46.6 Å². The third kappa shape index (κ3) is 4.37. The Morgan fingerprint density at radius 2 is 1.89 bits per heavy atom. The van der Waals surface area contributed by atoms with Gasteiger partial charge in [-0.25, -0.2) is 8.78 Å². The van der Waals surface area contributed by atoms with Crippen LogP contribution in [0.15, 0.2) is 18.2 Å². The highest BCUT2D eigenvalue weighted by molar-refractivity contribution is 5.20. The molecule has 1 atom stereocenters. The summed E-state index contributed by atoms with van der Waals surface area (Å²) in [5, 5.41) is 3.42. The highest BCUT2D eigenvalue weighted by Crippen LogP contribution is 2.24. The minimum atomic E-state index is -0.380. The first-order chi connectivity index (χ1) is 8.34. The molecule has 0 aromatic heterocycles. The summed E-state index contributed by atoms with van der Waals surface area (Å²) in [6.45, 7) is 9.31. The van der Waals surface area contributed by atoms with Crippen molar-refractivity contribution in [1.29, 1.82) is 0 Å². The molecule has 0 bridgehead atoms. The van der Waals surface area contributed by atoms with E-state index in [1.54, 1.807) is 0 Å². The molecule has 1 aromatic rings. The van der Waals surface area contributed by atoms with Crippen LogP contribution in [-0.4, -0.2) is 12.6 Å². The van der Waals surface area contributed by atoms with E-state index in [4.69, 9.17) is 0 Å². The fraction of sp³-hybridized carbons (Fsp3) is 0.600. The highest BCUT2D eigenvalue weighted by atomic mass is 19.1. The van der Waals surface area contributed by atoms with Crippen molar-refractivity contribution >= 4 is 0 Å². The van der Waals surface area contributed by atoms with Crippen LogP contribution in [0.4, 0.5) is 8.78 Å². The lowest BCUT2D eigenvalue weighted by molar-refractivity contribution is 0.265. The van der Waals surface area contributed by atoms with Gasteiger partial charge in [0.15, 0.2) is 0 Å². The molecular formula is C15H23F2N. The van der Waals surface area contributed by atoms with Crippen molar-refractivity contribution in [3.8, 4) is 0 Å². The van der Waals surface area contributed by atoms with E-state index in [1.807, 2.05) is 0 Å².